The fourth-order valence-electron chi connectivity index (χ4n) is 12.9. The number of nitrogens with zero attached hydrogens (tertiary/aromatic N) is 2. The Morgan fingerprint density at radius 1 is 0.662 bits per heavy atom. The lowest BCUT2D eigenvalue weighted by Crippen LogP contribution is -2.42. The van der Waals surface area contributed by atoms with Crippen LogP contribution in [0.3, 0.4) is 0 Å². The second-order valence-corrected chi connectivity index (χ2v) is 23.2. The molecule has 4 unspecified atom stereocenters. The maximum atomic E-state index is 7.05. The standard InChI is InChI=1S/C70H80N4/c1-12-20-50(7)69(11,72)57-30-35-59(36-31-57)73(40-19-21-53(13-2)51(8)71)66-62-24-17-18-25-63(62)67(65-43-58(32-39-64(65)66)70-44-48(5)41-52(46-70)42-49(6)45-70)74(60-33-26-54(27-34-60)47(3)4)61-37-28-56(29-38-61)68(9,10)55-22-15-14-16-23-55/h12-40,43,47-49,51-52H,2,7,41-42,44-46,71-72H2,1,3-6,8-11H3/b20-12-,40-19+,53-21+. The lowest BCUT2D eigenvalue weighted by Gasteiger charge is -2.50. The Balaban J connectivity index is 1.36. The lowest BCUT2D eigenvalue weighted by molar-refractivity contribution is 0.0781. The molecule has 0 aromatic heterocycles. The summed E-state index contributed by atoms with van der Waals surface area (Å²) in [5, 5.41) is 4.71. The van der Waals surface area contributed by atoms with Gasteiger partial charge in [0, 0.05) is 56.3 Å². The number of hydrogen-bond donors (Lipinski definition) is 2. The van der Waals surface area contributed by atoms with Crippen molar-refractivity contribution in [2.24, 2.45) is 29.2 Å². The van der Waals surface area contributed by atoms with Crippen LogP contribution >= 0.6 is 0 Å². The molecule has 380 valence electrons. The molecule has 4 nitrogen and oxygen atoms in total. The molecule has 2 saturated carbocycles. The van der Waals surface area contributed by atoms with Gasteiger partial charge in [-0.1, -0.05) is 182 Å². The van der Waals surface area contributed by atoms with Crippen molar-refractivity contribution in [1.82, 2.24) is 0 Å². The maximum absolute atomic E-state index is 7.05. The lowest BCUT2D eigenvalue weighted by atomic mass is 9.54. The van der Waals surface area contributed by atoms with Gasteiger partial charge in [0.05, 0.1) is 16.9 Å². The molecule has 7 aromatic rings. The van der Waals surface area contributed by atoms with Crippen molar-refractivity contribution in [3.63, 3.8) is 0 Å². The quantitative estimate of drug-likeness (QED) is 0.0575. The van der Waals surface area contributed by atoms with Gasteiger partial charge in [-0.2, -0.15) is 0 Å². The number of allylic oxidation sites excluding steroid dienone is 3. The molecule has 0 aliphatic heterocycles. The van der Waals surface area contributed by atoms with Crippen molar-refractivity contribution in [1.29, 1.82) is 0 Å². The molecule has 4 atom stereocenters. The largest absolute Gasteiger partial charge is 0.324 e. The molecule has 4 N–H and O–H groups in total. The van der Waals surface area contributed by atoms with Crippen molar-refractivity contribution < 1.29 is 0 Å². The highest BCUT2D eigenvalue weighted by Crippen LogP contribution is 2.56. The van der Waals surface area contributed by atoms with Crippen molar-refractivity contribution in [2.75, 3.05) is 9.80 Å². The Bertz CT molecular complexity index is 3200. The van der Waals surface area contributed by atoms with Crippen LogP contribution in [0.1, 0.15) is 128 Å². The molecular weight excluding hydrogens is 897 g/mol. The monoisotopic (exact) mass is 977 g/mol. The summed E-state index contributed by atoms with van der Waals surface area (Å²) in [6.45, 7) is 28.7. The van der Waals surface area contributed by atoms with E-state index in [0.29, 0.717) is 17.8 Å². The first-order valence-electron chi connectivity index (χ1n) is 27.3. The van der Waals surface area contributed by atoms with Crippen LogP contribution in [0.5, 0.6) is 0 Å². The summed E-state index contributed by atoms with van der Waals surface area (Å²) in [6, 6.07) is 54.7. The Morgan fingerprint density at radius 2 is 1.20 bits per heavy atom. The highest BCUT2D eigenvalue weighted by atomic mass is 15.2. The van der Waals surface area contributed by atoms with Gasteiger partial charge < -0.3 is 21.3 Å². The summed E-state index contributed by atoms with van der Waals surface area (Å²) < 4.78 is 0. The number of hydrogen-bond acceptors (Lipinski definition) is 4. The number of benzene rings is 7. The predicted molar refractivity (Wildman–Crippen MR) is 321 cm³/mol. The Hall–Kier alpha value is -6.72. The van der Waals surface area contributed by atoms with Gasteiger partial charge in [-0.3, -0.25) is 0 Å². The molecule has 2 bridgehead atoms. The number of anilines is 5. The zero-order valence-electron chi connectivity index (χ0n) is 45.7. The summed E-state index contributed by atoms with van der Waals surface area (Å²) >= 11 is 0. The summed E-state index contributed by atoms with van der Waals surface area (Å²) in [7, 11) is 0. The predicted octanol–water partition coefficient (Wildman–Crippen LogP) is 18.4. The second-order valence-electron chi connectivity index (χ2n) is 23.2. The van der Waals surface area contributed by atoms with E-state index in [0.717, 1.165) is 50.8 Å². The minimum atomic E-state index is -0.750. The number of nitrogens with two attached hydrogens (primary N) is 2. The smallest absolute Gasteiger partial charge is 0.0631 e. The van der Waals surface area contributed by atoms with Gasteiger partial charge in [0.25, 0.3) is 0 Å². The van der Waals surface area contributed by atoms with E-state index in [-0.39, 0.29) is 16.9 Å². The van der Waals surface area contributed by atoms with Gasteiger partial charge in [0.2, 0.25) is 0 Å². The normalized spacial score (nSPS) is 20.5. The van der Waals surface area contributed by atoms with Crippen LogP contribution in [0.25, 0.3) is 21.5 Å². The van der Waals surface area contributed by atoms with Crippen molar-refractivity contribution in [3.05, 3.63) is 234 Å². The first-order valence-corrected chi connectivity index (χ1v) is 27.3. The van der Waals surface area contributed by atoms with E-state index in [9.17, 15) is 0 Å². The van der Waals surface area contributed by atoms with Crippen LogP contribution in [-0.4, -0.2) is 6.04 Å². The summed E-state index contributed by atoms with van der Waals surface area (Å²) in [4.78, 5) is 4.92. The van der Waals surface area contributed by atoms with Gasteiger partial charge in [-0.05, 0) is 169 Å². The van der Waals surface area contributed by atoms with Gasteiger partial charge in [0.15, 0.2) is 0 Å². The summed E-state index contributed by atoms with van der Waals surface area (Å²) in [6.07, 6.45) is 18.6. The first kappa shape index (κ1) is 52.2. The minimum absolute atomic E-state index is 0.109. The molecule has 0 saturated heterocycles. The fraction of sp³-hybridized carbons (Fsp3) is 0.314. The fourth-order valence-corrected chi connectivity index (χ4v) is 12.9. The number of rotatable bonds is 16. The topological polar surface area (TPSA) is 58.5 Å². The average molecular weight is 977 g/mol. The van der Waals surface area contributed by atoms with Gasteiger partial charge in [0.1, 0.15) is 0 Å². The molecule has 2 aliphatic carbocycles. The molecule has 0 radical (unpaired) electrons. The Labute approximate surface area is 443 Å². The zero-order valence-corrected chi connectivity index (χ0v) is 45.7. The highest BCUT2D eigenvalue weighted by molar-refractivity contribution is 6.23. The van der Waals surface area contributed by atoms with Gasteiger partial charge >= 0.3 is 0 Å². The molecule has 74 heavy (non-hydrogen) atoms. The third kappa shape index (κ3) is 10.1. The van der Waals surface area contributed by atoms with E-state index in [1.54, 1.807) is 0 Å². The summed E-state index contributed by atoms with van der Waals surface area (Å²) in [5.74, 6) is 2.51. The van der Waals surface area contributed by atoms with Crippen LogP contribution in [0.4, 0.5) is 28.4 Å². The van der Waals surface area contributed by atoms with E-state index >= 15 is 0 Å². The minimum Gasteiger partial charge on any atom is -0.324 e. The zero-order chi connectivity index (χ0) is 52.5. The van der Waals surface area contributed by atoms with E-state index in [2.05, 4.69) is 228 Å². The molecule has 0 amide bonds. The number of fused-ring (bicyclic) bond motifs is 4. The SMILES string of the molecule is C=C/C(=C\C=C\N(c1ccc(C(C)(N)C(=C)/C=C\C)cc1)c1c2ccccc2c(N(c2ccc(C(C)C)cc2)c2ccc(C(C)(C)c3ccccc3)cc2)c2cc(C34CC(C)CC(CC(C)C3)C4)ccc12)C(C)N. The first-order chi connectivity index (χ1) is 35.4. The molecular formula is C70H80N4. The Kier molecular flexibility index (Phi) is 15.0. The molecule has 2 fully saturated rings. The highest BCUT2D eigenvalue weighted by Gasteiger charge is 2.45. The summed E-state index contributed by atoms with van der Waals surface area (Å²) in [5.41, 5.74) is 26.4. The molecule has 0 heterocycles. The van der Waals surface area contributed by atoms with Crippen molar-refractivity contribution in [3.8, 4) is 0 Å². The second kappa shape index (κ2) is 21.3. The van der Waals surface area contributed by atoms with E-state index < -0.39 is 5.54 Å². The maximum Gasteiger partial charge on any atom is 0.0631 e. The van der Waals surface area contributed by atoms with Crippen LogP contribution in [0.2, 0.25) is 0 Å². The van der Waals surface area contributed by atoms with Crippen LogP contribution in [0, 0.1) is 17.8 Å². The average Bonchev–Trinajstić information content (AvgIpc) is 3.39. The van der Waals surface area contributed by atoms with E-state index in [1.165, 1.54) is 76.2 Å². The Morgan fingerprint density at radius 3 is 1.78 bits per heavy atom. The van der Waals surface area contributed by atoms with Gasteiger partial charge in [-0.25, -0.2) is 0 Å². The van der Waals surface area contributed by atoms with E-state index in [1.807, 2.05) is 39.0 Å². The van der Waals surface area contributed by atoms with Crippen molar-refractivity contribution >= 4 is 50.0 Å². The third-order valence-electron chi connectivity index (χ3n) is 16.9. The molecule has 4 heteroatoms. The van der Waals surface area contributed by atoms with Crippen molar-refractivity contribution in [2.45, 2.75) is 123 Å². The van der Waals surface area contributed by atoms with Crippen LogP contribution in [-0.2, 0) is 16.4 Å². The molecule has 0 spiro atoms. The van der Waals surface area contributed by atoms with Gasteiger partial charge in [-0.15, -0.1) is 0 Å². The molecule has 2 aliphatic rings. The van der Waals surface area contributed by atoms with Crippen LogP contribution < -0.4 is 21.3 Å². The molecule has 9 rings (SSSR count). The van der Waals surface area contributed by atoms with E-state index in [4.69, 9.17) is 11.5 Å². The van der Waals surface area contributed by atoms with Crippen LogP contribution in [0.15, 0.2) is 206 Å². The molecule has 7 aromatic carbocycles. The third-order valence-corrected chi connectivity index (χ3v) is 16.9.